The van der Waals surface area contributed by atoms with Gasteiger partial charge in [-0.25, -0.2) is 4.79 Å². The molecule has 0 atom stereocenters. The third-order valence-corrected chi connectivity index (χ3v) is 4.45. The Balaban J connectivity index is 1.79. The van der Waals surface area contributed by atoms with Gasteiger partial charge >= 0.3 is 6.09 Å². The summed E-state index contributed by atoms with van der Waals surface area (Å²) < 4.78 is 12.7. The van der Waals surface area contributed by atoms with E-state index in [0.717, 1.165) is 16.9 Å². The molecule has 0 spiro atoms. The molecule has 0 N–H and O–H groups in total. The van der Waals surface area contributed by atoms with Crippen LogP contribution in [0.5, 0.6) is 0 Å². The Morgan fingerprint density at radius 2 is 1.85 bits per heavy atom. The second-order valence-corrected chi connectivity index (χ2v) is 6.66. The first-order valence-corrected chi connectivity index (χ1v) is 8.85. The van der Waals surface area contributed by atoms with Gasteiger partial charge in [-0.1, -0.05) is 12.2 Å². The van der Waals surface area contributed by atoms with Crippen molar-refractivity contribution in [1.82, 2.24) is 14.4 Å². The topological polar surface area (TPSA) is 67.9 Å². The van der Waals surface area contributed by atoms with E-state index in [9.17, 15) is 9.59 Å². The fourth-order valence-electron chi connectivity index (χ4n) is 3.25. The van der Waals surface area contributed by atoms with Crippen LogP contribution in [0.1, 0.15) is 30.1 Å². The predicted molar refractivity (Wildman–Crippen MR) is 98.3 cm³/mol. The number of aromatic nitrogens is 1. The lowest BCUT2D eigenvalue weighted by atomic mass is 10.2. The number of fused-ring (bicyclic) bond motifs is 1. The lowest BCUT2D eigenvalue weighted by Gasteiger charge is -2.34. The summed E-state index contributed by atoms with van der Waals surface area (Å²) >= 11 is 0. The standard InChI is InChI=1S/C19H25N3O4/c1-5-25-19(24)21-8-6-20(7-9-21)18(23)16-11-17-15(10-14(4)26-17)22(16)12-13(2)3/h10-11H,2,5-9,12H2,1,3-4H3. The molecular formula is C19H25N3O4. The Hall–Kier alpha value is -2.70. The van der Waals surface area contributed by atoms with Gasteiger partial charge in [0.05, 0.1) is 12.1 Å². The average Bonchev–Trinajstić information content (AvgIpc) is 3.11. The van der Waals surface area contributed by atoms with Crippen molar-refractivity contribution in [1.29, 1.82) is 0 Å². The molecule has 0 radical (unpaired) electrons. The number of piperazine rings is 1. The summed E-state index contributed by atoms with van der Waals surface area (Å²) in [5.41, 5.74) is 3.16. The Kier molecular flexibility index (Phi) is 5.06. The lowest BCUT2D eigenvalue weighted by Crippen LogP contribution is -2.51. The molecule has 7 heteroatoms. The summed E-state index contributed by atoms with van der Waals surface area (Å²) in [6.45, 7) is 12.4. The van der Waals surface area contributed by atoms with Crippen molar-refractivity contribution in [2.75, 3.05) is 32.8 Å². The third kappa shape index (κ3) is 3.47. The SMILES string of the molecule is C=C(C)Cn1c(C(=O)N2CCN(C(=O)OCC)CC2)cc2oc(C)cc21. The summed E-state index contributed by atoms with van der Waals surface area (Å²) in [5, 5.41) is 0. The van der Waals surface area contributed by atoms with Crippen molar-refractivity contribution >= 4 is 23.1 Å². The van der Waals surface area contributed by atoms with Crippen LogP contribution < -0.4 is 0 Å². The van der Waals surface area contributed by atoms with E-state index in [0.29, 0.717) is 50.6 Å². The molecule has 26 heavy (non-hydrogen) atoms. The molecule has 2 amide bonds. The highest BCUT2D eigenvalue weighted by atomic mass is 16.6. The van der Waals surface area contributed by atoms with Crippen LogP contribution in [0, 0.1) is 6.92 Å². The summed E-state index contributed by atoms with van der Waals surface area (Å²) in [4.78, 5) is 28.3. The van der Waals surface area contributed by atoms with Gasteiger partial charge < -0.3 is 23.5 Å². The molecule has 1 aliphatic rings. The fourth-order valence-corrected chi connectivity index (χ4v) is 3.25. The summed E-state index contributed by atoms with van der Waals surface area (Å²) in [7, 11) is 0. The normalized spacial score (nSPS) is 14.7. The minimum Gasteiger partial charge on any atom is -0.460 e. The number of carbonyl (C=O) groups is 2. The quantitative estimate of drug-likeness (QED) is 0.787. The highest BCUT2D eigenvalue weighted by molar-refractivity contribution is 5.97. The van der Waals surface area contributed by atoms with Crippen LogP contribution in [0.25, 0.3) is 11.1 Å². The highest BCUT2D eigenvalue weighted by Gasteiger charge is 2.28. The molecule has 1 aliphatic heterocycles. The van der Waals surface area contributed by atoms with E-state index in [1.54, 1.807) is 22.8 Å². The molecular weight excluding hydrogens is 334 g/mol. The van der Waals surface area contributed by atoms with Gasteiger partial charge in [0.15, 0.2) is 5.58 Å². The number of carbonyl (C=O) groups excluding carboxylic acids is 2. The fraction of sp³-hybridized carbons (Fsp3) is 0.474. The molecule has 1 saturated heterocycles. The van der Waals surface area contributed by atoms with Crippen LogP contribution in [-0.4, -0.2) is 59.2 Å². The molecule has 3 rings (SSSR count). The number of hydrogen-bond donors (Lipinski definition) is 0. The van der Waals surface area contributed by atoms with E-state index in [1.165, 1.54) is 0 Å². The number of nitrogens with zero attached hydrogens (tertiary/aromatic N) is 3. The molecule has 0 bridgehead atoms. The van der Waals surface area contributed by atoms with Gasteiger partial charge in [0.1, 0.15) is 11.5 Å². The molecule has 140 valence electrons. The number of rotatable bonds is 4. The zero-order valence-corrected chi connectivity index (χ0v) is 15.6. The summed E-state index contributed by atoms with van der Waals surface area (Å²) in [5.74, 6) is 0.756. The average molecular weight is 359 g/mol. The van der Waals surface area contributed by atoms with Crippen molar-refractivity contribution in [3.8, 4) is 0 Å². The maximum atomic E-state index is 13.1. The molecule has 0 aliphatic carbocycles. The lowest BCUT2D eigenvalue weighted by molar-refractivity contribution is 0.0563. The molecule has 1 fully saturated rings. The van der Waals surface area contributed by atoms with E-state index < -0.39 is 0 Å². The Labute approximate surface area is 152 Å². The van der Waals surface area contributed by atoms with Crippen LogP contribution in [-0.2, 0) is 11.3 Å². The first-order valence-electron chi connectivity index (χ1n) is 8.85. The Bertz CT molecular complexity index is 840. The maximum Gasteiger partial charge on any atom is 0.409 e. The van der Waals surface area contributed by atoms with E-state index in [1.807, 2.05) is 24.5 Å². The van der Waals surface area contributed by atoms with E-state index in [2.05, 4.69) is 6.58 Å². The maximum absolute atomic E-state index is 13.1. The van der Waals surface area contributed by atoms with Crippen LogP contribution in [0.4, 0.5) is 4.79 Å². The van der Waals surface area contributed by atoms with Gasteiger partial charge in [-0.15, -0.1) is 0 Å². The number of furan rings is 1. The molecule has 2 aromatic rings. The van der Waals surface area contributed by atoms with Crippen LogP contribution >= 0.6 is 0 Å². The van der Waals surface area contributed by atoms with Gasteiger partial charge in [-0.3, -0.25) is 4.79 Å². The predicted octanol–water partition coefficient (Wildman–Crippen LogP) is 3.03. The van der Waals surface area contributed by atoms with Gasteiger partial charge in [0.25, 0.3) is 5.91 Å². The number of ether oxygens (including phenoxy) is 1. The summed E-state index contributed by atoms with van der Waals surface area (Å²) in [6, 6.07) is 3.74. The van der Waals surface area contributed by atoms with E-state index in [-0.39, 0.29) is 12.0 Å². The van der Waals surface area contributed by atoms with Crippen LogP contribution in [0.3, 0.4) is 0 Å². The zero-order chi connectivity index (χ0) is 18.8. The minimum atomic E-state index is -0.321. The number of amides is 2. The van der Waals surface area contributed by atoms with Crippen molar-refractivity contribution in [3.05, 3.63) is 35.7 Å². The summed E-state index contributed by atoms with van der Waals surface area (Å²) in [6.07, 6.45) is -0.321. The monoisotopic (exact) mass is 359 g/mol. The van der Waals surface area contributed by atoms with Crippen LogP contribution in [0.15, 0.2) is 28.7 Å². The molecule has 2 aromatic heterocycles. The van der Waals surface area contributed by atoms with Gasteiger partial charge in [-0.2, -0.15) is 0 Å². The molecule has 3 heterocycles. The highest BCUT2D eigenvalue weighted by Crippen LogP contribution is 2.26. The van der Waals surface area contributed by atoms with Crippen molar-refractivity contribution < 1.29 is 18.7 Å². The van der Waals surface area contributed by atoms with E-state index >= 15 is 0 Å². The first-order chi connectivity index (χ1) is 12.4. The van der Waals surface area contributed by atoms with Crippen molar-refractivity contribution in [2.24, 2.45) is 0 Å². The molecule has 0 unspecified atom stereocenters. The van der Waals surface area contributed by atoms with Crippen LogP contribution in [0.2, 0.25) is 0 Å². The number of hydrogen-bond acceptors (Lipinski definition) is 4. The zero-order valence-electron chi connectivity index (χ0n) is 15.6. The first kappa shape index (κ1) is 18.1. The molecule has 0 saturated carbocycles. The third-order valence-electron chi connectivity index (χ3n) is 4.45. The van der Waals surface area contributed by atoms with E-state index in [4.69, 9.17) is 9.15 Å². The molecule has 7 nitrogen and oxygen atoms in total. The van der Waals surface area contributed by atoms with Gasteiger partial charge in [0.2, 0.25) is 0 Å². The Morgan fingerprint density at radius 3 is 2.46 bits per heavy atom. The minimum absolute atomic E-state index is 0.0567. The van der Waals surface area contributed by atoms with Gasteiger partial charge in [-0.05, 0) is 20.8 Å². The largest absolute Gasteiger partial charge is 0.460 e. The van der Waals surface area contributed by atoms with Crippen molar-refractivity contribution in [2.45, 2.75) is 27.3 Å². The number of aryl methyl sites for hydroxylation is 1. The van der Waals surface area contributed by atoms with Crippen molar-refractivity contribution in [3.63, 3.8) is 0 Å². The second kappa shape index (κ2) is 7.27. The number of allylic oxidation sites excluding steroid dienone is 1. The smallest absolute Gasteiger partial charge is 0.409 e. The Morgan fingerprint density at radius 1 is 1.19 bits per heavy atom. The second-order valence-electron chi connectivity index (χ2n) is 6.66. The molecule has 0 aromatic carbocycles. The van der Waals surface area contributed by atoms with Gasteiger partial charge in [0, 0.05) is 44.9 Å².